The van der Waals surface area contributed by atoms with Gasteiger partial charge in [-0.15, -0.1) is 0 Å². The number of benzene rings is 2. The third kappa shape index (κ3) is 3.69. The van der Waals surface area contributed by atoms with Gasteiger partial charge in [-0.05, 0) is 36.1 Å². The Hall–Kier alpha value is -3.16. The van der Waals surface area contributed by atoms with Crippen molar-refractivity contribution in [3.8, 4) is 11.1 Å². The van der Waals surface area contributed by atoms with Gasteiger partial charge in [0, 0.05) is 18.0 Å². The summed E-state index contributed by atoms with van der Waals surface area (Å²) in [6.07, 6.45) is -3.09. The maximum atomic E-state index is 12.2. The van der Waals surface area contributed by atoms with E-state index in [4.69, 9.17) is 9.26 Å². The molecule has 0 saturated heterocycles. The van der Waals surface area contributed by atoms with Gasteiger partial charge in [-0.1, -0.05) is 53.7 Å². The van der Waals surface area contributed by atoms with Crippen LogP contribution in [0.1, 0.15) is 40.2 Å². The fraction of sp³-hybridized carbons (Fsp3) is 0.304. The zero-order valence-electron chi connectivity index (χ0n) is 16.8. The number of nitrogens with zero attached hydrogens (tertiary/aromatic N) is 1. The summed E-state index contributed by atoms with van der Waals surface area (Å²) in [7, 11) is 0. The molecule has 1 amide bonds. The quantitative estimate of drug-likeness (QED) is 0.578. The van der Waals surface area contributed by atoms with Gasteiger partial charge >= 0.3 is 6.09 Å². The number of aromatic nitrogens is 1. The molecule has 30 heavy (non-hydrogen) atoms. The van der Waals surface area contributed by atoms with Gasteiger partial charge in [-0.3, -0.25) is 0 Å². The van der Waals surface area contributed by atoms with Gasteiger partial charge < -0.3 is 24.8 Å². The molecule has 0 spiro atoms. The minimum Gasteiger partial charge on any atom is -0.449 e. The second-order valence-electron chi connectivity index (χ2n) is 7.46. The van der Waals surface area contributed by atoms with E-state index in [1.165, 1.54) is 0 Å². The standard InChI is InChI=1S/C23H24N2O5/c1-13-21(14(2)30-25-13)22(27)20(26)11-24-23(28)29-12-19-17-9-5-3-7-15(17)16-8-4-6-10-18(16)19/h3-10,19-20,22,26-27H,11-12H2,1-2H3,(H,24,28). The van der Waals surface area contributed by atoms with Crippen molar-refractivity contribution in [1.29, 1.82) is 0 Å². The number of carbonyl (C=O) groups is 1. The summed E-state index contributed by atoms with van der Waals surface area (Å²) in [5, 5.41) is 26.9. The predicted octanol–water partition coefficient (Wildman–Crippen LogP) is 3.22. The fourth-order valence-electron chi connectivity index (χ4n) is 4.05. The number of carbonyl (C=O) groups excluding carboxylic acids is 1. The van der Waals surface area contributed by atoms with E-state index >= 15 is 0 Å². The van der Waals surface area contributed by atoms with Crippen LogP contribution in [0.3, 0.4) is 0 Å². The number of hydrogen-bond acceptors (Lipinski definition) is 6. The Balaban J connectivity index is 1.35. The summed E-state index contributed by atoms with van der Waals surface area (Å²) in [5.74, 6) is 0.390. The molecule has 156 valence electrons. The lowest BCUT2D eigenvalue weighted by molar-refractivity contribution is 0.0174. The molecule has 0 bridgehead atoms. The van der Waals surface area contributed by atoms with Gasteiger partial charge in [-0.25, -0.2) is 4.79 Å². The number of aryl methyl sites for hydroxylation is 2. The summed E-state index contributed by atoms with van der Waals surface area (Å²) in [6, 6.07) is 16.2. The van der Waals surface area contributed by atoms with Gasteiger partial charge in [0.2, 0.25) is 0 Å². The molecule has 0 saturated carbocycles. The first kappa shape index (κ1) is 20.1. The van der Waals surface area contributed by atoms with Crippen molar-refractivity contribution in [3.63, 3.8) is 0 Å². The molecule has 7 heteroatoms. The number of alkyl carbamates (subject to hydrolysis) is 1. The van der Waals surface area contributed by atoms with Gasteiger partial charge in [0.05, 0.1) is 5.69 Å². The summed E-state index contributed by atoms with van der Waals surface area (Å²) < 4.78 is 10.4. The van der Waals surface area contributed by atoms with Crippen LogP contribution in [0.2, 0.25) is 0 Å². The number of fused-ring (bicyclic) bond motifs is 3. The molecule has 3 aromatic rings. The SMILES string of the molecule is Cc1noc(C)c1C(O)C(O)CNC(=O)OCC1c2ccccc2-c2ccccc21. The average molecular weight is 408 g/mol. The first-order chi connectivity index (χ1) is 14.5. The highest BCUT2D eigenvalue weighted by atomic mass is 16.5. The number of aliphatic hydroxyl groups is 2. The summed E-state index contributed by atoms with van der Waals surface area (Å²) in [5.41, 5.74) is 5.48. The van der Waals surface area contributed by atoms with Crippen molar-refractivity contribution >= 4 is 6.09 Å². The molecule has 1 aliphatic rings. The van der Waals surface area contributed by atoms with Crippen molar-refractivity contribution < 1.29 is 24.3 Å². The molecule has 4 rings (SSSR count). The molecule has 1 heterocycles. The van der Waals surface area contributed by atoms with Gasteiger partial charge in [0.25, 0.3) is 0 Å². The van der Waals surface area contributed by atoms with Crippen LogP contribution in [-0.4, -0.2) is 40.7 Å². The van der Waals surface area contributed by atoms with Crippen molar-refractivity contribution in [2.45, 2.75) is 32.0 Å². The van der Waals surface area contributed by atoms with Crippen LogP contribution >= 0.6 is 0 Å². The third-order valence-electron chi connectivity index (χ3n) is 5.55. The first-order valence-electron chi connectivity index (χ1n) is 9.85. The molecule has 2 aromatic carbocycles. The Morgan fingerprint density at radius 2 is 1.70 bits per heavy atom. The molecule has 1 aliphatic carbocycles. The second-order valence-corrected chi connectivity index (χ2v) is 7.46. The van der Waals surface area contributed by atoms with Gasteiger partial charge in [0.1, 0.15) is 24.6 Å². The Kier molecular flexibility index (Phi) is 5.57. The maximum Gasteiger partial charge on any atom is 0.407 e. The summed E-state index contributed by atoms with van der Waals surface area (Å²) >= 11 is 0. The molecule has 1 aromatic heterocycles. The molecule has 2 atom stereocenters. The number of hydrogen-bond donors (Lipinski definition) is 3. The minimum atomic E-state index is -1.22. The fourth-order valence-corrected chi connectivity index (χ4v) is 4.05. The highest BCUT2D eigenvalue weighted by Gasteiger charge is 2.29. The number of rotatable bonds is 6. The average Bonchev–Trinajstić information content (AvgIpc) is 3.26. The normalized spacial score (nSPS) is 14.7. The summed E-state index contributed by atoms with van der Waals surface area (Å²) in [6.45, 7) is 3.36. The van der Waals surface area contributed by atoms with Crippen LogP contribution < -0.4 is 5.32 Å². The monoisotopic (exact) mass is 408 g/mol. The van der Waals surface area contributed by atoms with E-state index in [1.54, 1.807) is 13.8 Å². The number of ether oxygens (including phenoxy) is 1. The lowest BCUT2D eigenvalue weighted by Crippen LogP contribution is -2.36. The zero-order valence-corrected chi connectivity index (χ0v) is 16.8. The van der Waals surface area contributed by atoms with Crippen LogP contribution in [0.15, 0.2) is 53.1 Å². The number of amides is 1. The van der Waals surface area contributed by atoms with Crippen molar-refractivity contribution in [3.05, 3.63) is 76.7 Å². The molecule has 2 unspecified atom stereocenters. The van der Waals surface area contributed by atoms with E-state index < -0.39 is 18.3 Å². The predicted molar refractivity (Wildman–Crippen MR) is 110 cm³/mol. The van der Waals surface area contributed by atoms with Crippen LogP contribution in [-0.2, 0) is 4.74 Å². The number of aliphatic hydroxyl groups excluding tert-OH is 2. The highest BCUT2D eigenvalue weighted by Crippen LogP contribution is 2.44. The van der Waals surface area contributed by atoms with Crippen LogP contribution in [0.5, 0.6) is 0 Å². The maximum absolute atomic E-state index is 12.2. The van der Waals surface area contributed by atoms with Crippen LogP contribution in [0.4, 0.5) is 4.79 Å². The van der Waals surface area contributed by atoms with E-state index in [1.807, 2.05) is 36.4 Å². The van der Waals surface area contributed by atoms with Crippen LogP contribution in [0, 0.1) is 13.8 Å². The van der Waals surface area contributed by atoms with Crippen molar-refractivity contribution in [2.24, 2.45) is 0 Å². The molecule has 7 nitrogen and oxygen atoms in total. The molecule has 0 radical (unpaired) electrons. The molecular weight excluding hydrogens is 384 g/mol. The Bertz CT molecular complexity index is 996. The lowest BCUT2D eigenvalue weighted by atomic mass is 9.98. The third-order valence-corrected chi connectivity index (χ3v) is 5.55. The van der Waals surface area contributed by atoms with E-state index in [2.05, 4.69) is 22.6 Å². The molecule has 3 N–H and O–H groups in total. The topological polar surface area (TPSA) is 105 Å². The minimum absolute atomic E-state index is 0.0408. The van der Waals surface area contributed by atoms with E-state index in [9.17, 15) is 15.0 Å². The Morgan fingerprint density at radius 1 is 1.10 bits per heavy atom. The van der Waals surface area contributed by atoms with E-state index in [0.717, 1.165) is 22.3 Å². The highest BCUT2D eigenvalue weighted by molar-refractivity contribution is 5.79. The number of nitrogens with one attached hydrogen (secondary N) is 1. The van der Waals surface area contributed by atoms with Crippen molar-refractivity contribution in [2.75, 3.05) is 13.2 Å². The zero-order chi connectivity index (χ0) is 21.3. The Labute approximate surface area is 174 Å². The molecule has 0 fully saturated rings. The first-order valence-corrected chi connectivity index (χ1v) is 9.85. The van der Waals surface area contributed by atoms with E-state index in [-0.39, 0.29) is 19.1 Å². The lowest BCUT2D eigenvalue weighted by Gasteiger charge is -2.19. The van der Waals surface area contributed by atoms with Gasteiger partial charge in [0.15, 0.2) is 0 Å². The summed E-state index contributed by atoms with van der Waals surface area (Å²) in [4.78, 5) is 12.2. The molecule has 0 aliphatic heterocycles. The smallest absolute Gasteiger partial charge is 0.407 e. The van der Waals surface area contributed by atoms with Crippen LogP contribution in [0.25, 0.3) is 11.1 Å². The second kappa shape index (κ2) is 8.30. The Morgan fingerprint density at radius 3 is 2.27 bits per heavy atom. The van der Waals surface area contributed by atoms with Crippen molar-refractivity contribution in [1.82, 2.24) is 10.5 Å². The van der Waals surface area contributed by atoms with E-state index in [0.29, 0.717) is 17.0 Å². The largest absolute Gasteiger partial charge is 0.449 e. The van der Waals surface area contributed by atoms with Gasteiger partial charge in [-0.2, -0.15) is 0 Å². The molecular formula is C23H24N2O5.